The molecule has 3 nitrogen and oxygen atoms in total. The number of benzene rings is 1. The Morgan fingerprint density at radius 1 is 1.33 bits per heavy atom. The fraction of sp³-hybridized carbons (Fsp3) is 0.286. The lowest BCUT2D eigenvalue weighted by Crippen LogP contribution is -2.27. The number of nitrogens with one attached hydrogen (secondary N) is 1. The number of hydrogen-bond acceptors (Lipinski definition) is 3. The summed E-state index contributed by atoms with van der Waals surface area (Å²) in [6.07, 6.45) is 1.56. The molecule has 1 heterocycles. The molecule has 0 amide bonds. The van der Waals surface area contributed by atoms with E-state index in [4.69, 9.17) is 4.42 Å². The Morgan fingerprint density at radius 3 is 2.78 bits per heavy atom. The van der Waals surface area contributed by atoms with E-state index in [-0.39, 0.29) is 24.5 Å². The minimum absolute atomic E-state index is 0.0762. The molecular formula is C14H16FNO2. The van der Waals surface area contributed by atoms with Crippen LogP contribution in [0, 0.1) is 5.82 Å². The van der Waals surface area contributed by atoms with Crippen LogP contribution in [0.1, 0.15) is 30.3 Å². The molecule has 2 aromatic rings. The van der Waals surface area contributed by atoms with Crippen molar-refractivity contribution in [2.24, 2.45) is 0 Å². The summed E-state index contributed by atoms with van der Waals surface area (Å²) in [5.41, 5.74) is 0.833. The summed E-state index contributed by atoms with van der Waals surface area (Å²) in [5, 5.41) is 12.6. The smallest absolute Gasteiger partial charge is 0.123 e. The highest BCUT2D eigenvalue weighted by molar-refractivity contribution is 5.20. The zero-order valence-electron chi connectivity index (χ0n) is 10.1. The first-order chi connectivity index (χ1) is 8.70. The first kappa shape index (κ1) is 12.8. The van der Waals surface area contributed by atoms with Crippen molar-refractivity contribution in [3.05, 3.63) is 59.8 Å². The molecule has 96 valence electrons. The van der Waals surface area contributed by atoms with Crippen molar-refractivity contribution >= 4 is 0 Å². The molecule has 2 unspecified atom stereocenters. The van der Waals surface area contributed by atoms with Gasteiger partial charge in [0.1, 0.15) is 11.6 Å². The SMILES string of the molecule is CC(NC(CO)c1ccco1)c1cccc(F)c1. The van der Waals surface area contributed by atoms with E-state index in [0.29, 0.717) is 5.76 Å². The summed E-state index contributed by atoms with van der Waals surface area (Å²) in [4.78, 5) is 0. The van der Waals surface area contributed by atoms with Gasteiger partial charge in [-0.1, -0.05) is 12.1 Å². The molecule has 0 aliphatic rings. The first-order valence-electron chi connectivity index (χ1n) is 5.86. The highest BCUT2D eigenvalue weighted by Crippen LogP contribution is 2.20. The molecule has 0 radical (unpaired) electrons. The summed E-state index contributed by atoms with van der Waals surface area (Å²) in [7, 11) is 0. The van der Waals surface area contributed by atoms with Crippen LogP contribution in [0.25, 0.3) is 0 Å². The third-order valence-electron chi connectivity index (χ3n) is 2.87. The molecule has 0 saturated heterocycles. The van der Waals surface area contributed by atoms with E-state index in [2.05, 4.69) is 5.32 Å². The van der Waals surface area contributed by atoms with Crippen molar-refractivity contribution in [3.8, 4) is 0 Å². The van der Waals surface area contributed by atoms with Crippen molar-refractivity contribution < 1.29 is 13.9 Å². The van der Waals surface area contributed by atoms with Gasteiger partial charge >= 0.3 is 0 Å². The van der Waals surface area contributed by atoms with E-state index >= 15 is 0 Å². The highest BCUT2D eigenvalue weighted by atomic mass is 19.1. The Balaban J connectivity index is 2.08. The van der Waals surface area contributed by atoms with Gasteiger partial charge in [0.2, 0.25) is 0 Å². The molecule has 0 aliphatic carbocycles. The maximum Gasteiger partial charge on any atom is 0.123 e. The first-order valence-corrected chi connectivity index (χ1v) is 5.86. The molecule has 0 aliphatic heterocycles. The molecule has 1 aromatic heterocycles. The van der Waals surface area contributed by atoms with Crippen LogP contribution in [0.4, 0.5) is 4.39 Å². The second-order valence-electron chi connectivity index (χ2n) is 4.19. The molecule has 0 saturated carbocycles. The predicted octanol–water partition coefficient (Wildman–Crippen LogP) is 2.80. The molecule has 0 spiro atoms. The van der Waals surface area contributed by atoms with Crippen molar-refractivity contribution in [3.63, 3.8) is 0 Å². The number of aliphatic hydroxyl groups is 1. The van der Waals surface area contributed by atoms with Crippen molar-refractivity contribution in [1.29, 1.82) is 0 Å². The summed E-state index contributed by atoms with van der Waals surface area (Å²) in [5.74, 6) is 0.403. The standard InChI is InChI=1S/C14H16FNO2/c1-10(11-4-2-5-12(15)8-11)16-13(9-17)14-6-3-7-18-14/h2-8,10,13,16-17H,9H2,1H3. The zero-order valence-corrected chi connectivity index (χ0v) is 10.1. The second-order valence-corrected chi connectivity index (χ2v) is 4.19. The second kappa shape index (κ2) is 5.80. The van der Waals surface area contributed by atoms with Crippen molar-refractivity contribution in [1.82, 2.24) is 5.32 Å². The van der Waals surface area contributed by atoms with Gasteiger partial charge in [-0.25, -0.2) is 4.39 Å². The van der Waals surface area contributed by atoms with Crippen LogP contribution in [0.3, 0.4) is 0 Å². The van der Waals surface area contributed by atoms with Gasteiger partial charge in [-0.3, -0.25) is 5.32 Å². The molecule has 1 aromatic carbocycles. The maximum atomic E-state index is 13.1. The average molecular weight is 249 g/mol. The van der Waals surface area contributed by atoms with Gasteiger partial charge in [0.25, 0.3) is 0 Å². The lowest BCUT2D eigenvalue weighted by Gasteiger charge is -2.20. The van der Waals surface area contributed by atoms with E-state index in [0.717, 1.165) is 5.56 Å². The minimum Gasteiger partial charge on any atom is -0.468 e. The average Bonchev–Trinajstić information content (AvgIpc) is 2.89. The lowest BCUT2D eigenvalue weighted by atomic mass is 10.1. The van der Waals surface area contributed by atoms with Gasteiger partial charge < -0.3 is 9.52 Å². The van der Waals surface area contributed by atoms with E-state index < -0.39 is 0 Å². The Morgan fingerprint density at radius 2 is 2.17 bits per heavy atom. The molecule has 18 heavy (non-hydrogen) atoms. The van der Waals surface area contributed by atoms with Crippen LogP contribution in [0.15, 0.2) is 47.1 Å². The number of halogens is 1. The molecule has 0 bridgehead atoms. The monoisotopic (exact) mass is 249 g/mol. The minimum atomic E-state index is -0.293. The Bertz CT molecular complexity index is 484. The molecular weight excluding hydrogens is 233 g/mol. The lowest BCUT2D eigenvalue weighted by molar-refractivity contribution is 0.217. The molecule has 0 fully saturated rings. The van der Waals surface area contributed by atoms with E-state index in [1.54, 1.807) is 24.5 Å². The number of aliphatic hydroxyl groups excluding tert-OH is 1. The van der Waals surface area contributed by atoms with Crippen LogP contribution < -0.4 is 5.32 Å². The van der Waals surface area contributed by atoms with Crippen LogP contribution in [0.5, 0.6) is 0 Å². The van der Waals surface area contributed by atoms with Gasteiger partial charge in [0.15, 0.2) is 0 Å². The predicted molar refractivity (Wildman–Crippen MR) is 66.5 cm³/mol. The summed E-state index contributed by atoms with van der Waals surface area (Å²) >= 11 is 0. The zero-order chi connectivity index (χ0) is 13.0. The normalized spacial score (nSPS) is 14.4. The Labute approximate surface area is 105 Å². The molecule has 4 heteroatoms. The van der Waals surface area contributed by atoms with E-state index in [1.807, 2.05) is 13.0 Å². The van der Waals surface area contributed by atoms with Gasteiger partial charge in [-0.05, 0) is 36.8 Å². The molecule has 2 atom stereocenters. The van der Waals surface area contributed by atoms with E-state index in [9.17, 15) is 9.50 Å². The number of hydrogen-bond donors (Lipinski definition) is 2. The van der Waals surface area contributed by atoms with Gasteiger partial charge in [0.05, 0.1) is 18.9 Å². The molecule has 2 rings (SSSR count). The van der Waals surface area contributed by atoms with Crippen LogP contribution >= 0.6 is 0 Å². The maximum absolute atomic E-state index is 13.1. The van der Waals surface area contributed by atoms with E-state index in [1.165, 1.54) is 12.1 Å². The third kappa shape index (κ3) is 2.97. The van der Waals surface area contributed by atoms with Crippen molar-refractivity contribution in [2.45, 2.75) is 19.0 Å². The fourth-order valence-electron chi connectivity index (χ4n) is 1.89. The highest BCUT2D eigenvalue weighted by Gasteiger charge is 2.16. The largest absolute Gasteiger partial charge is 0.468 e. The number of rotatable bonds is 5. The Hall–Kier alpha value is -1.65. The summed E-state index contributed by atoms with van der Waals surface area (Å²) < 4.78 is 18.4. The van der Waals surface area contributed by atoms with Crippen LogP contribution in [0.2, 0.25) is 0 Å². The van der Waals surface area contributed by atoms with Crippen LogP contribution in [-0.2, 0) is 0 Å². The van der Waals surface area contributed by atoms with Gasteiger partial charge in [-0.15, -0.1) is 0 Å². The topological polar surface area (TPSA) is 45.4 Å². The van der Waals surface area contributed by atoms with Crippen LogP contribution in [-0.4, -0.2) is 11.7 Å². The summed E-state index contributed by atoms with van der Waals surface area (Å²) in [6, 6.07) is 9.60. The van der Waals surface area contributed by atoms with Crippen molar-refractivity contribution in [2.75, 3.05) is 6.61 Å². The molecule has 2 N–H and O–H groups in total. The summed E-state index contributed by atoms with van der Waals surface area (Å²) in [6.45, 7) is 1.84. The third-order valence-corrected chi connectivity index (χ3v) is 2.87. The Kier molecular flexibility index (Phi) is 4.12. The quantitative estimate of drug-likeness (QED) is 0.856. The fourth-order valence-corrected chi connectivity index (χ4v) is 1.89. The van der Waals surface area contributed by atoms with Gasteiger partial charge in [0, 0.05) is 6.04 Å². The number of furan rings is 1. The van der Waals surface area contributed by atoms with Gasteiger partial charge in [-0.2, -0.15) is 0 Å².